The van der Waals surface area contributed by atoms with E-state index in [4.69, 9.17) is 5.73 Å². The van der Waals surface area contributed by atoms with Crippen molar-refractivity contribution in [3.63, 3.8) is 0 Å². The van der Waals surface area contributed by atoms with Crippen LogP contribution < -0.4 is 10.5 Å². The third kappa shape index (κ3) is 2.89. The predicted octanol–water partition coefficient (Wildman–Crippen LogP) is 2.17. The van der Waals surface area contributed by atoms with Gasteiger partial charge in [0.05, 0.1) is 3.79 Å². The van der Waals surface area contributed by atoms with Crippen molar-refractivity contribution < 1.29 is 8.42 Å². The third-order valence-electron chi connectivity index (χ3n) is 2.10. The molecule has 0 fully saturated rings. The smallest absolute Gasteiger partial charge is 0.265 e. The summed E-state index contributed by atoms with van der Waals surface area (Å²) >= 11 is 4.53. The van der Waals surface area contributed by atoms with E-state index in [1.54, 1.807) is 24.3 Å². The molecule has 0 spiro atoms. The first-order chi connectivity index (χ1) is 8.53. The Morgan fingerprint density at radius 3 is 2.78 bits per heavy atom. The molecule has 2 rings (SSSR count). The first-order valence-corrected chi connectivity index (χ1v) is 8.04. The summed E-state index contributed by atoms with van der Waals surface area (Å²) in [6.45, 7) is 0.308. The Hall–Kier alpha value is -0.960. The number of nitrogens with two attached hydrogens (primary N) is 1. The van der Waals surface area contributed by atoms with Crippen LogP contribution in [0.3, 0.4) is 0 Å². The molecule has 5 nitrogen and oxygen atoms in total. The van der Waals surface area contributed by atoms with E-state index in [-0.39, 0.29) is 10.7 Å². The summed E-state index contributed by atoms with van der Waals surface area (Å²) in [5.74, 6) is 0.282. The summed E-state index contributed by atoms with van der Waals surface area (Å²) in [6.07, 6.45) is 1.52. The molecule has 3 N–H and O–H groups in total. The summed E-state index contributed by atoms with van der Waals surface area (Å²) < 4.78 is 27.2. The first-order valence-electron chi connectivity index (χ1n) is 4.95. The van der Waals surface area contributed by atoms with E-state index in [1.165, 1.54) is 17.5 Å². The van der Waals surface area contributed by atoms with E-state index < -0.39 is 10.0 Å². The van der Waals surface area contributed by atoms with E-state index in [1.807, 2.05) is 0 Å². The monoisotopic (exact) mass is 347 g/mol. The molecule has 0 amide bonds. The minimum atomic E-state index is -3.64. The van der Waals surface area contributed by atoms with E-state index in [0.717, 1.165) is 4.88 Å². The molecule has 0 radical (unpaired) electrons. The largest absolute Gasteiger partial charge is 0.326 e. The number of thiophene rings is 1. The van der Waals surface area contributed by atoms with Crippen molar-refractivity contribution in [1.82, 2.24) is 4.98 Å². The number of pyridine rings is 1. The summed E-state index contributed by atoms with van der Waals surface area (Å²) in [6, 6.07) is 6.56. The molecule has 8 heteroatoms. The molecule has 0 bridgehead atoms. The van der Waals surface area contributed by atoms with Crippen molar-refractivity contribution in [3.8, 4) is 0 Å². The number of nitrogens with one attached hydrogen (secondary N) is 1. The van der Waals surface area contributed by atoms with Gasteiger partial charge < -0.3 is 5.73 Å². The highest BCUT2D eigenvalue weighted by Crippen LogP contribution is 2.32. The van der Waals surface area contributed by atoms with Crippen molar-refractivity contribution in [2.45, 2.75) is 11.4 Å². The number of hydrogen-bond acceptors (Lipinski definition) is 5. The second kappa shape index (κ2) is 5.35. The lowest BCUT2D eigenvalue weighted by molar-refractivity contribution is 0.601. The fraction of sp³-hybridized carbons (Fsp3) is 0.100. The molecule has 0 aromatic carbocycles. The fourth-order valence-electron chi connectivity index (χ4n) is 1.30. The van der Waals surface area contributed by atoms with Gasteiger partial charge >= 0.3 is 0 Å². The van der Waals surface area contributed by atoms with Gasteiger partial charge in [0.15, 0.2) is 0 Å². The van der Waals surface area contributed by atoms with Gasteiger partial charge in [-0.05, 0) is 34.1 Å². The molecule has 0 atom stereocenters. The Morgan fingerprint density at radius 1 is 1.44 bits per heavy atom. The highest BCUT2D eigenvalue weighted by atomic mass is 79.9. The van der Waals surface area contributed by atoms with Gasteiger partial charge in [0.25, 0.3) is 10.0 Å². The highest BCUT2D eigenvalue weighted by molar-refractivity contribution is 9.11. The van der Waals surface area contributed by atoms with Gasteiger partial charge in [-0.1, -0.05) is 6.07 Å². The van der Waals surface area contributed by atoms with Gasteiger partial charge in [-0.2, -0.15) is 0 Å². The lowest BCUT2D eigenvalue weighted by Gasteiger charge is -2.05. The van der Waals surface area contributed by atoms with Crippen molar-refractivity contribution in [1.29, 1.82) is 0 Å². The maximum atomic E-state index is 12.1. The predicted molar refractivity (Wildman–Crippen MR) is 75.0 cm³/mol. The Morgan fingerprint density at radius 2 is 2.22 bits per heavy atom. The van der Waals surface area contributed by atoms with Crippen LogP contribution in [-0.2, 0) is 16.6 Å². The average Bonchev–Trinajstić information content (AvgIpc) is 2.72. The SMILES string of the molecule is NCc1cc(S(=O)(=O)Nc2ccccn2)c(Br)s1. The zero-order valence-corrected chi connectivity index (χ0v) is 12.3. The number of halogens is 1. The molecule has 0 aliphatic carbocycles. The number of anilines is 1. The van der Waals surface area contributed by atoms with Gasteiger partial charge in [0, 0.05) is 17.6 Å². The summed E-state index contributed by atoms with van der Waals surface area (Å²) in [4.78, 5) is 4.89. The second-order valence-corrected chi connectivity index (χ2v) is 7.48. The van der Waals surface area contributed by atoms with Gasteiger partial charge in [0.2, 0.25) is 0 Å². The van der Waals surface area contributed by atoms with Gasteiger partial charge in [0.1, 0.15) is 10.7 Å². The number of aromatic nitrogens is 1. The Labute approximate surface area is 117 Å². The van der Waals surface area contributed by atoms with E-state index >= 15 is 0 Å². The van der Waals surface area contributed by atoms with Crippen molar-refractivity contribution >= 4 is 43.1 Å². The first kappa shape index (κ1) is 13.5. The van der Waals surface area contributed by atoms with Crippen LogP contribution in [0.15, 0.2) is 39.1 Å². The maximum absolute atomic E-state index is 12.1. The maximum Gasteiger partial charge on any atom is 0.265 e. The van der Waals surface area contributed by atoms with Crippen LogP contribution in [0.25, 0.3) is 0 Å². The average molecular weight is 348 g/mol. The van der Waals surface area contributed by atoms with E-state index in [2.05, 4.69) is 25.6 Å². The lowest BCUT2D eigenvalue weighted by atomic mass is 10.5. The van der Waals surface area contributed by atoms with E-state index in [0.29, 0.717) is 10.3 Å². The van der Waals surface area contributed by atoms with Crippen LogP contribution in [0.4, 0.5) is 5.82 Å². The van der Waals surface area contributed by atoms with Crippen LogP contribution in [-0.4, -0.2) is 13.4 Å². The molecule has 0 aliphatic heterocycles. The molecule has 0 saturated heterocycles. The minimum Gasteiger partial charge on any atom is -0.326 e. The number of hydrogen-bond donors (Lipinski definition) is 2. The third-order valence-corrected chi connectivity index (χ3v) is 5.73. The normalized spacial score (nSPS) is 11.4. The van der Waals surface area contributed by atoms with Crippen LogP contribution in [0.5, 0.6) is 0 Å². The number of rotatable bonds is 4. The van der Waals surface area contributed by atoms with Crippen LogP contribution in [0.2, 0.25) is 0 Å². The van der Waals surface area contributed by atoms with Crippen LogP contribution in [0.1, 0.15) is 4.88 Å². The molecule has 0 unspecified atom stereocenters. The van der Waals surface area contributed by atoms with Gasteiger partial charge in [-0.15, -0.1) is 11.3 Å². The minimum absolute atomic E-state index is 0.179. The molecular formula is C10H10BrN3O2S2. The Kier molecular flexibility index (Phi) is 4.00. The second-order valence-electron chi connectivity index (χ2n) is 3.38. The van der Waals surface area contributed by atoms with Crippen LogP contribution >= 0.6 is 27.3 Å². The molecule has 2 aromatic rings. The molecule has 0 aliphatic rings. The summed E-state index contributed by atoms with van der Waals surface area (Å²) in [5, 5.41) is 0. The topological polar surface area (TPSA) is 85.1 Å². The fourth-order valence-corrected chi connectivity index (χ4v) is 4.87. The molecule has 2 aromatic heterocycles. The lowest BCUT2D eigenvalue weighted by Crippen LogP contribution is -2.13. The molecule has 18 heavy (non-hydrogen) atoms. The molecule has 2 heterocycles. The van der Waals surface area contributed by atoms with Gasteiger partial charge in [-0.3, -0.25) is 4.72 Å². The highest BCUT2D eigenvalue weighted by Gasteiger charge is 2.21. The van der Waals surface area contributed by atoms with Crippen molar-refractivity contribution in [2.24, 2.45) is 5.73 Å². The standard InChI is InChI=1S/C10H10BrN3O2S2/c11-10-8(5-7(6-12)17-10)18(15,16)14-9-3-1-2-4-13-9/h1-5H,6,12H2,(H,13,14). The Bertz CT molecular complexity index is 640. The summed E-state index contributed by atoms with van der Waals surface area (Å²) in [7, 11) is -3.64. The van der Waals surface area contributed by atoms with Crippen LogP contribution in [0, 0.1) is 0 Å². The quantitative estimate of drug-likeness (QED) is 0.887. The van der Waals surface area contributed by atoms with Gasteiger partial charge in [-0.25, -0.2) is 13.4 Å². The summed E-state index contributed by atoms with van der Waals surface area (Å²) in [5.41, 5.74) is 5.49. The van der Waals surface area contributed by atoms with Crippen molar-refractivity contribution in [2.75, 3.05) is 4.72 Å². The molecule has 96 valence electrons. The molecular weight excluding hydrogens is 338 g/mol. The molecule has 0 saturated carbocycles. The zero-order chi connectivity index (χ0) is 13.2. The number of sulfonamides is 1. The zero-order valence-electron chi connectivity index (χ0n) is 9.13. The van der Waals surface area contributed by atoms with E-state index in [9.17, 15) is 8.42 Å². The number of nitrogens with zero attached hydrogens (tertiary/aromatic N) is 1. The van der Waals surface area contributed by atoms with Crippen molar-refractivity contribution in [3.05, 3.63) is 39.1 Å². The Balaban J connectivity index is 2.34.